The lowest BCUT2D eigenvalue weighted by molar-refractivity contribution is -0.132. The monoisotopic (exact) mass is 530 g/mol. The second kappa shape index (κ2) is 9.39. The predicted octanol–water partition coefficient (Wildman–Crippen LogP) is 5.49. The maximum atomic E-state index is 12.7. The van der Waals surface area contributed by atoms with E-state index in [-0.39, 0.29) is 10.8 Å². The Balaban J connectivity index is 1.22. The van der Waals surface area contributed by atoms with E-state index in [0.717, 1.165) is 57.7 Å². The van der Waals surface area contributed by atoms with Crippen LogP contribution in [-0.4, -0.2) is 42.3 Å². The van der Waals surface area contributed by atoms with Crippen molar-refractivity contribution >= 4 is 48.7 Å². The van der Waals surface area contributed by atoms with Crippen molar-refractivity contribution in [1.29, 1.82) is 0 Å². The lowest BCUT2D eigenvalue weighted by Gasteiger charge is -2.26. The average molecular weight is 531 g/mol. The number of thiophene rings is 1. The molecule has 1 fully saturated rings. The molecule has 188 valence electrons. The summed E-state index contributed by atoms with van der Waals surface area (Å²) in [4.78, 5) is 24.7. The second-order valence-corrected chi connectivity index (χ2v) is 12.3. The number of benzene rings is 2. The first kappa shape index (κ1) is 23.8. The number of aryl methyl sites for hydroxylation is 1. The number of amides is 1. The lowest BCUT2D eigenvalue weighted by Crippen LogP contribution is -2.35. The van der Waals surface area contributed by atoms with Crippen molar-refractivity contribution < 1.29 is 13.2 Å². The van der Waals surface area contributed by atoms with Crippen molar-refractivity contribution in [2.24, 2.45) is 5.92 Å². The molecular formula is C28H26N4O3S2. The zero-order valence-electron chi connectivity index (χ0n) is 20.3. The first-order chi connectivity index (χ1) is 17.9. The number of anilines is 1. The number of carbonyl (C=O) groups is 1. The molecule has 1 amide bonds. The van der Waals surface area contributed by atoms with Crippen LogP contribution in [0.2, 0.25) is 0 Å². The lowest BCUT2D eigenvalue weighted by atomic mass is 10.1. The third kappa shape index (κ3) is 4.89. The molecule has 2 aliphatic rings. The number of nitrogens with one attached hydrogen (secondary N) is 1. The van der Waals surface area contributed by atoms with E-state index in [4.69, 9.17) is 0 Å². The summed E-state index contributed by atoms with van der Waals surface area (Å²) in [6.07, 6.45) is 6.63. The van der Waals surface area contributed by atoms with Gasteiger partial charge in [0.2, 0.25) is 5.91 Å². The summed E-state index contributed by atoms with van der Waals surface area (Å²) in [6, 6.07) is 16.1. The largest absolute Gasteiger partial charge is 0.338 e. The van der Waals surface area contributed by atoms with Crippen molar-refractivity contribution in [2.45, 2.75) is 31.1 Å². The number of aromatic nitrogens is 2. The summed E-state index contributed by atoms with van der Waals surface area (Å²) < 4.78 is 29.1. The van der Waals surface area contributed by atoms with E-state index in [9.17, 15) is 13.2 Å². The molecule has 3 heterocycles. The van der Waals surface area contributed by atoms with E-state index >= 15 is 0 Å². The topological polar surface area (TPSA) is 92.3 Å². The zero-order valence-corrected chi connectivity index (χ0v) is 22.0. The molecule has 0 saturated heterocycles. The summed E-state index contributed by atoms with van der Waals surface area (Å²) in [5.41, 5.74) is 5.32. The molecule has 0 unspecified atom stereocenters. The second-order valence-electron chi connectivity index (χ2n) is 9.58. The number of carbonyl (C=O) groups excluding carboxylic acids is 1. The minimum Gasteiger partial charge on any atom is -0.338 e. The minimum absolute atomic E-state index is 0.225. The summed E-state index contributed by atoms with van der Waals surface area (Å²) in [5, 5.41) is 0. The van der Waals surface area contributed by atoms with Gasteiger partial charge in [0.1, 0.15) is 6.33 Å². The van der Waals surface area contributed by atoms with Crippen LogP contribution in [0.15, 0.2) is 71.9 Å². The fourth-order valence-corrected chi connectivity index (χ4v) is 6.78. The van der Waals surface area contributed by atoms with Gasteiger partial charge in [0, 0.05) is 35.1 Å². The maximum Gasteiger partial charge on any atom is 0.261 e. The molecule has 37 heavy (non-hydrogen) atoms. The van der Waals surface area contributed by atoms with Crippen molar-refractivity contribution in [3.63, 3.8) is 0 Å². The molecule has 0 radical (unpaired) electrons. The Morgan fingerprint density at radius 1 is 1.05 bits per heavy atom. The standard InChI is InChI=1S/C28H26N4O3S2/c1-18-2-10-23(11-3-18)37(34,35)31-22-8-6-20(7-9-22)26-27-24(29-17-30-26)16-25(36-27)19-12-14-32(15-13-19)28(33)21-4-5-21/h2-3,6-12,16-17,21,31H,4-5,13-15H2,1H3. The van der Waals surface area contributed by atoms with Crippen LogP contribution in [0, 0.1) is 12.8 Å². The third-order valence-electron chi connectivity index (χ3n) is 6.82. The van der Waals surface area contributed by atoms with Crippen LogP contribution >= 0.6 is 11.3 Å². The van der Waals surface area contributed by atoms with E-state index in [1.54, 1.807) is 54.1 Å². The summed E-state index contributed by atoms with van der Waals surface area (Å²) in [6.45, 7) is 3.34. The van der Waals surface area contributed by atoms with Gasteiger partial charge in [-0.1, -0.05) is 35.9 Å². The van der Waals surface area contributed by atoms with E-state index in [2.05, 4.69) is 26.8 Å². The molecule has 6 rings (SSSR count). The normalized spacial score (nSPS) is 16.0. The molecule has 0 bridgehead atoms. The number of hydrogen-bond donors (Lipinski definition) is 1. The SMILES string of the molecule is Cc1ccc(S(=O)(=O)Nc2ccc(-c3ncnc4cc(C5=CCN(C(=O)C6CC6)CC5)sc34)cc2)cc1. The molecule has 0 atom stereocenters. The van der Waals surface area contributed by atoms with Crippen LogP contribution in [-0.2, 0) is 14.8 Å². The van der Waals surface area contributed by atoms with Crippen molar-refractivity contribution in [2.75, 3.05) is 17.8 Å². The van der Waals surface area contributed by atoms with Crippen molar-refractivity contribution in [3.05, 3.63) is 77.4 Å². The highest BCUT2D eigenvalue weighted by molar-refractivity contribution is 7.92. The fraction of sp³-hybridized carbons (Fsp3) is 0.250. The average Bonchev–Trinajstić information content (AvgIpc) is 3.66. The molecular weight excluding hydrogens is 504 g/mol. The number of fused-ring (bicyclic) bond motifs is 1. The van der Waals surface area contributed by atoms with Crippen LogP contribution in [0.25, 0.3) is 27.0 Å². The van der Waals surface area contributed by atoms with Gasteiger partial charge in [-0.3, -0.25) is 9.52 Å². The van der Waals surface area contributed by atoms with E-state index in [1.165, 1.54) is 5.57 Å². The highest BCUT2D eigenvalue weighted by atomic mass is 32.2. The molecule has 1 saturated carbocycles. The van der Waals surface area contributed by atoms with Gasteiger partial charge < -0.3 is 4.90 Å². The van der Waals surface area contributed by atoms with Crippen LogP contribution in [0.3, 0.4) is 0 Å². The molecule has 1 aliphatic heterocycles. The van der Waals surface area contributed by atoms with Gasteiger partial charge in [0.05, 0.1) is 20.8 Å². The van der Waals surface area contributed by atoms with E-state index in [0.29, 0.717) is 18.1 Å². The smallest absolute Gasteiger partial charge is 0.261 e. The third-order valence-corrected chi connectivity index (χ3v) is 9.42. The van der Waals surface area contributed by atoms with Crippen molar-refractivity contribution in [1.82, 2.24) is 14.9 Å². The Kier molecular flexibility index (Phi) is 6.04. The van der Waals surface area contributed by atoms with Gasteiger partial charge in [-0.05, 0) is 62.1 Å². The van der Waals surface area contributed by atoms with Gasteiger partial charge in [-0.25, -0.2) is 18.4 Å². The van der Waals surface area contributed by atoms with Gasteiger partial charge in [0.25, 0.3) is 10.0 Å². The molecule has 1 aliphatic carbocycles. The van der Waals surface area contributed by atoms with Crippen molar-refractivity contribution in [3.8, 4) is 11.3 Å². The molecule has 2 aromatic heterocycles. The zero-order chi connectivity index (χ0) is 25.6. The number of sulfonamides is 1. The predicted molar refractivity (Wildman–Crippen MR) is 147 cm³/mol. The highest BCUT2D eigenvalue weighted by Crippen LogP contribution is 2.38. The quantitative estimate of drug-likeness (QED) is 0.356. The molecule has 2 aromatic carbocycles. The molecule has 4 aromatic rings. The van der Waals surface area contributed by atoms with Crippen LogP contribution < -0.4 is 4.72 Å². The number of nitrogens with zero attached hydrogens (tertiary/aromatic N) is 3. The minimum atomic E-state index is -3.67. The first-order valence-electron chi connectivity index (χ1n) is 12.3. The van der Waals surface area contributed by atoms with E-state index in [1.807, 2.05) is 24.0 Å². The maximum absolute atomic E-state index is 12.7. The summed E-state index contributed by atoms with van der Waals surface area (Å²) in [5.74, 6) is 0.547. The Morgan fingerprint density at radius 3 is 2.49 bits per heavy atom. The number of hydrogen-bond acceptors (Lipinski definition) is 6. The van der Waals surface area contributed by atoms with E-state index < -0.39 is 10.0 Å². The Hall–Kier alpha value is -3.56. The van der Waals surface area contributed by atoms with Gasteiger partial charge in [-0.15, -0.1) is 11.3 Å². The van der Waals surface area contributed by atoms with Gasteiger partial charge >= 0.3 is 0 Å². The van der Waals surface area contributed by atoms with Gasteiger partial charge in [-0.2, -0.15) is 0 Å². The molecule has 0 spiro atoms. The molecule has 9 heteroatoms. The first-order valence-corrected chi connectivity index (χ1v) is 14.6. The van der Waals surface area contributed by atoms with Crippen LogP contribution in [0.1, 0.15) is 29.7 Å². The van der Waals surface area contributed by atoms with Crippen LogP contribution in [0.5, 0.6) is 0 Å². The van der Waals surface area contributed by atoms with Gasteiger partial charge in [0.15, 0.2) is 0 Å². The highest BCUT2D eigenvalue weighted by Gasteiger charge is 2.33. The Bertz CT molecular complexity index is 1620. The number of rotatable bonds is 6. The molecule has 1 N–H and O–H groups in total. The Morgan fingerprint density at radius 2 is 1.81 bits per heavy atom. The molecule has 7 nitrogen and oxygen atoms in total. The fourth-order valence-electron chi connectivity index (χ4n) is 4.53. The van der Waals surface area contributed by atoms with Crippen LogP contribution in [0.4, 0.5) is 5.69 Å². The summed E-state index contributed by atoms with van der Waals surface area (Å²) >= 11 is 1.66. The summed E-state index contributed by atoms with van der Waals surface area (Å²) in [7, 11) is -3.67. The Labute approximate surface area is 219 Å².